The third kappa shape index (κ3) is 3.68. The number of nitrogens with one attached hydrogen (secondary N) is 1. The first kappa shape index (κ1) is 18.8. The molecule has 1 aliphatic heterocycles. The van der Waals surface area contributed by atoms with E-state index < -0.39 is 0 Å². The number of benzene rings is 3. The molecule has 0 radical (unpaired) electrons. The molecule has 0 spiro atoms. The number of hydrogen-bond donors (Lipinski definition) is 1. The van der Waals surface area contributed by atoms with Gasteiger partial charge in [-0.1, -0.05) is 42.5 Å². The van der Waals surface area contributed by atoms with Crippen molar-refractivity contribution in [1.29, 1.82) is 0 Å². The smallest absolute Gasteiger partial charge is 0.127 e. The number of ether oxygens (including phenoxy) is 2. The summed E-state index contributed by atoms with van der Waals surface area (Å²) in [6.45, 7) is 4.11. The molecule has 3 heteroatoms. The highest BCUT2D eigenvalue weighted by molar-refractivity contribution is 5.62. The van der Waals surface area contributed by atoms with Crippen LogP contribution in [0, 0.1) is 5.92 Å². The van der Waals surface area contributed by atoms with Crippen LogP contribution in [-0.4, -0.2) is 6.10 Å². The Kier molecular flexibility index (Phi) is 4.96. The van der Waals surface area contributed by atoms with E-state index in [1.165, 1.54) is 16.8 Å². The average Bonchev–Trinajstić information content (AvgIpc) is 3.25. The van der Waals surface area contributed by atoms with Crippen molar-refractivity contribution in [3.8, 4) is 17.2 Å². The fourth-order valence-corrected chi connectivity index (χ4v) is 4.62. The minimum absolute atomic E-state index is 0.186. The molecule has 5 rings (SSSR count). The van der Waals surface area contributed by atoms with Gasteiger partial charge in [0.2, 0.25) is 0 Å². The lowest BCUT2D eigenvalue weighted by atomic mass is 9.77. The van der Waals surface area contributed by atoms with E-state index in [2.05, 4.69) is 73.8 Å². The fourth-order valence-electron chi connectivity index (χ4n) is 4.62. The molecule has 30 heavy (non-hydrogen) atoms. The highest BCUT2D eigenvalue weighted by Gasteiger charge is 2.38. The molecule has 0 fully saturated rings. The summed E-state index contributed by atoms with van der Waals surface area (Å²) in [7, 11) is 0. The molecule has 0 saturated heterocycles. The first-order chi connectivity index (χ1) is 14.7. The second-order valence-electron chi connectivity index (χ2n) is 8.38. The van der Waals surface area contributed by atoms with Gasteiger partial charge in [-0.05, 0) is 79.8 Å². The predicted molar refractivity (Wildman–Crippen MR) is 122 cm³/mol. The van der Waals surface area contributed by atoms with Crippen LogP contribution in [0.1, 0.15) is 43.4 Å². The van der Waals surface area contributed by atoms with Crippen molar-refractivity contribution in [3.63, 3.8) is 0 Å². The van der Waals surface area contributed by atoms with Crippen molar-refractivity contribution in [2.24, 2.45) is 5.92 Å². The molecule has 3 aromatic carbocycles. The van der Waals surface area contributed by atoms with Crippen LogP contribution >= 0.6 is 0 Å². The number of hydrogen-bond acceptors (Lipinski definition) is 3. The molecule has 2 aliphatic rings. The number of para-hydroxylation sites is 1. The van der Waals surface area contributed by atoms with Crippen LogP contribution < -0.4 is 14.8 Å². The lowest BCUT2D eigenvalue weighted by Crippen LogP contribution is -2.29. The molecule has 3 atom stereocenters. The third-order valence-electron chi connectivity index (χ3n) is 5.92. The maximum atomic E-state index is 6.08. The van der Waals surface area contributed by atoms with Gasteiger partial charge in [-0.15, -0.1) is 0 Å². The molecule has 1 heterocycles. The maximum absolute atomic E-state index is 6.08. The van der Waals surface area contributed by atoms with E-state index in [-0.39, 0.29) is 12.1 Å². The number of anilines is 1. The van der Waals surface area contributed by atoms with Crippen LogP contribution in [-0.2, 0) is 0 Å². The van der Waals surface area contributed by atoms with Crippen LogP contribution in [0.25, 0.3) is 0 Å². The van der Waals surface area contributed by atoms with Gasteiger partial charge >= 0.3 is 0 Å². The van der Waals surface area contributed by atoms with Gasteiger partial charge in [-0.2, -0.15) is 0 Å². The van der Waals surface area contributed by atoms with Crippen LogP contribution in [0.3, 0.4) is 0 Å². The number of allylic oxidation sites excluding steroid dienone is 2. The molecule has 0 unspecified atom stereocenters. The van der Waals surface area contributed by atoms with Gasteiger partial charge in [0.05, 0.1) is 12.1 Å². The molecule has 0 saturated carbocycles. The molecule has 0 aromatic heterocycles. The summed E-state index contributed by atoms with van der Waals surface area (Å²) in [6, 6.07) is 25.2. The summed E-state index contributed by atoms with van der Waals surface area (Å²) in [5.41, 5.74) is 3.81. The van der Waals surface area contributed by atoms with E-state index in [1.807, 2.05) is 30.3 Å². The SMILES string of the molecule is CC(C)Oc1ccc([C@@H]2Nc3ccc(Oc4ccccc4)cc3[C@@H]3C=CC[C@@H]32)cc1. The lowest BCUT2D eigenvalue weighted by Gasteiger charge is -2.37. The Morgan fingerprint density at radius 2 is 1.63 bits per heavy atom. The number of rotatable bonds is 5. The van der Waals surface area contributed by atoms with Gasteiger partial charge in [0.25, 0.3) is 0 Å². The molecule has 0 bridgehead atoms. The molecular formula is C27H27NO2. The van der Waals surface area contributed by atoms with E-state index in [4.69, 9.17) is 9.47 Å². The molecule has 3 aromatic rings. The fraction of sp³-hybridized carbons (Fsp3) is 0.259. The highest BCUT2D eigenvalue weighted by Crippen LogP contribution is 2.50. The van der Waals surface area contributed by atoms with Crippen LogP contribution in [0.4, 0.5) is 5.69 Å². The van der Waals surface area contributed by atoms with Crippen molar-refractivity contribution in [3.05, 3.63) is 96.1 Å². The summed E-state index contributed by atoms with van der Waals surface area (Å²) in [5.74, 6) is 3.57. The third-order valence-corrected chi connectivity index (χ3v) is 5.92. The summed E-state index contributed by atoms with van der Waals surface area (Å²) >= 11 is 0. The molecular weight excluding hydrogens is 370 g/mol. The Hall–Kier alpha value is -3.20. The molecule has 0 amide bonds. The quantitative estimate of drug-likeness (QED) is 0.466. The molecule has 1 N–H and O–H groups in total. The average molecular weight is 398 g/mol. The van der Waals surface area contributed by atoms with Crippen LogP contribution in [0.5, 0.6) is 17.2 Å². The van der Waals surface area contributed by atoms with E-state index in [9.17, 15) is 0 Å². The van der Waals surface area contributed by atoms with Crippen LogP contribution in [0.15, 0.2) is 84.9 Å². The van der Waals surface area contributed by atoms with Crippen molar-refractivity contribution < 1.29 is 9.47 Å². The van der Waals surface area contributed by atoms with Gasteiger partial charge in [0, 0.05) is 11.6 Å². The second kappa shape index (κ2) is 7.91. The monoisotopic (exact) mass is 397 g/mol. The second-order valence-corrected chi connectivity index (χ2v) is 8.38. The van der Waals surface area contributed by atoms with E-state index in [0.717, 1.165) is 23.7 Å². The largest absolute Gasteiger partial charge is 0.491 e. The van der Waals surface area contributed by atoms with E-state index in [1.54, 1.807) is 0 Å². The zero-order valence-electron chi connectivity index (χ0n) is 17.4. The van der Waals surface area contributed by atoms with Gasteiger partial charge in [0.1, 0.15) is 17.2 Å². The summed E-state index contributed by atoms with van der Waals surface area (Å²) in [6.07, 6.45) is 5.95. The Labute approximate surface area is 178 Å². The van der Waals surface area contributed by atoms with E-state index in [0.29, 0.717) is 11.8 Å². The van der Waals surface area contributed by atoms with Gasteiger partial charge in [-0.25, -0.2) is 0 Å². The van der Waals surface area contributed by atoms with Gasteiger partial charge in [-0.3, -0.25) is 0 Å². The first-order valence-electron chi connectivity index (χ1n) is 10.7. The summed E-state index contributed by atoms with van der Waals surface area (Å²) < 4.78 is 11.9. The van der Waals surface area contributed by atoms with Gasteiger partial charge < -0.3 is 14.8 Å². The zero-order valence-corrected chi connectivity index (χ0v) is 17.4. The van der Waals surface area contributed by atoms with Crippen LogP contribution in [0.2, 0.25) is 0 Å². The maximum Gasteiger partial charge on any atom is 0.127 e. The van der Waals surface area contributed by atoms with Crippen molar-refractivity contribution in [1.82, 2.24) is 0 Å². The molecule has 152 valence electrons. The predicted octanol–water partition coefficient (Wildman–Crippen LogP) is 7.09. The minimum Gasteiger partial charge on any atom is -0.491 e. The van der Waals surface area contributed by atoms with Crippen molar-refractivity contribution in [2.45, 2.75) is 38.3 Å². The standard InChI is InChI=1S/C27H27NO2/c1-18(2)29-21-13-11-19(12-14-21)27-24-10-6-9-23(24)25-17-22(15-16-26(25)28-27)30-20-7-4-3-5-8-20/h3-9,11-18,23-24,27-28H,10H2,1-2H3/t23-,24+,27+/m1/s1. The summed E-state index contributed by atoms with van der Waals surface area (Å²) in [5, 5.41) is 3.80. The van der Waals surface area contributed by atoms with Crippen molar-refractivity contribution >= 4 is 5.69 Å². The van der Waals surface area contributed by atoms with E-state index >= 15 is 0 Å². The molecule has 1 aliphatic carbocycles. The zero-order chi connectivity index (χ0) is 20.5. The Morgan fingerprint density at radius 1 is 0.867 bits per heavy atom. The molecule has 3 nitrogen and oxygen atoms in total. The number of fused-ring (bicyclic) bond motifs is 3. The highest BCUT2D eigenvalue weighted by atomic mass is 16.5. The van der Waals surface area contributed by atoms with Gasteiger partial charge in [0.15, 0.2) is 0 Å². The van der Waals surface area contributed by atoms with Crippen molar-refractivity contribution in [2.75, 3.05) is 5.32 Å². The minimum atomic E-state index is 0.186. The first-order valence-corrected chi connectivity index (χ1v) is 10.7. The normalized spacial score (nSPS) is 21.6. The summed E-state index contributed by atoms with van der Waals surface area (Å²) in [4.78, 5) is 0. The lowest BCUT2D eigenvalue weighted by molar-refractivity contribution is 0.242. The Bertz CT molecular complexity index is 1040. The Balaban J connectivity index is 1.42. The Morgan fingerprint density at radius 3 is 2.40 bits per heavy atom. The topological polar surface area (TPSA) is 30.5 Å².